The molecule has 0 saturated heterocycles. The van der Waals surface area contributed by atoms with Crippen LogP contribution in [0.25, 0.3) is 12.2 Å². The molecule has 0 amide bonds. The first-order valence-electron chi connectivity index (χ1n) is 16.0. The number of halogens is 2. The number of rotatable bonds is 8. The van der Waals surface area contributed by atoms with E-state index >= 15 is 0 Å². The summed E-state index contributed by atoms with van der Waals surface area (Å²) in [6.45, 7) is 6.00. The molecule has 8 rings (SSSR count). The summed E-state index contributed by atoms with van der Waals surface area (Å²) in [6.07, 6.45) is 9.84. The molecule has 240 valence electrons. The molecule has 0 heterocycles. The fraction of sp³-hybridized carbons (Fsp3) is 0.0455. The maximum Gasteiger partial charge on any atom is -0.106 e. The van der Waals surface area contributed by atoms with Gasteiger partial charge in [-0.05, 0) is 0 Å². The van der Waals surface area contributed by atoms with Crippen molar-refractivity contribution in [1.29, 1.82) is 0 Å². The van der Waals surface area contributed by atoms with Crippen molar-refractivity contribution in [1.82, 2.24) is 0 Å². The maximum absolute atomic E-state index is 3.00. The van der Waals surface area contributed by atoms with Crippen LogP contribution in [0.3, 0.4) is 0 Å². The zero-order chi connectivity index (χ0) is 32.0. The first-order valence-corrected chi connectivity index (χ1v) is 21.5. The Balaban J connectivity index is 0.00000115. The predicted molar refractivity (Wildman–Crippen MR) is 205 cm³/mol. The van der Waals surface area contributed by atoms with Crippen molar-refractivity contribution in [2.75, 3.05) is 0 Å². The standard InChI is InChI=1S/2C21H16P.C2H4.2ClH.Zr/c2*1-3-10-19(11-4-1)22(20-12-5-2-6-13-20)21-15-14-17-8-7-9-18(17)16-21;1-2;;;/h2*1-16H;1-2H2;2*1H;/q;;;;;+2/p-2. The van der Waals surface area contributed by atoms with Crippen LogP contribution in [0.15, 0.2) is 183 Å². The monoisotopic (exact) mass is 786 g/mol. The van der Waals surface area contributed by atoms with E-state index < -0.39 is 39.1 Å². The molecular weight excluding hydrogens is 753 g/mol. The number of allylic oxidation sites excluding steroid dienone is 2. The van der Waals surface area contributed by atoms with E-state index in [0.717, 1.165) is 0 Å². The molecule has 0 nitrogen and oxygen atoms in total. The summed E-state index contributed by atoms with van der Waals surface area (Å²) in [5.74, 6) is 0. The molecule has 0 spiro atoms. The molecule has 2 atom stereocenters. The molecule has 0 saturated carbocycles. The third-order valence-electron chi connectivity index (χ3n) is 8.68. The molecule has 2 unspecified atom stereocenters. The van der Waals surface area contributed by atoms with Gasteiger partial charge in [0.25, 0.3) is 0 Å². The zero-order valence-corrected chi connectivity index (χ0v) is 32.8. The Labute approximate surface area is 318 Å². The quantitative estimate of drug-likeness (QED) is 0.165. The van der Waals surface area contributed by atoms with Crippen molar-refractivity contribution in [3.8, 4) is 0 Å². The van der Waals surface area contributed by atoms with Crippen molar-refractivity contribution in [3.63, 3.8) is 0 Å². The van der Waals surface area contributed by atoms with Gasteiger partial charge in [-0.3, -0.25) is 0 Å². The molecule has 0 bridgehead atoms. The summed E-state index contributed by atoms with van der Waals surface area (Å²) in [7, 11) is -1.17. The van der Waals surface area contributed by atoms with Crippen LogP contribution < -0.4 is 56.6 Å². The van der Waals surface area contributed by atoms with Gasteiger partial charge in [0.15, 0.2) is 0 Å². The molecule has 0 aliphatic heterocycles. The Morgan fingerprint density at radius 2 is 0.694 bits per heavy atom. The summed E-state index contributed by atoms with van der Waals surface area (Å²) < 4.78 is 1.20. The second-order valence-electron chi connectivity index (χ2n) is 11.5. The van der Waals surface area contributed by atoms with Crippen LogP contribution >= 0.6 is 15.8 Å². The van der Waals surface area contributed by atoms with Crippen LogP contribution in [0.5, 0.6) is 0 Å². The number of benzene rings is 6. The average Bonchev–Trinajstić information content (AvgIpc) is 3.74. The smallest absolute Gasteiger partial charge is 0.106 e. The van der Waals surface area contributed by atoms with Gasteiger partial charge in [-0.15, -0.1) is 13.2 Å². The van der Waals surface area contributed by atoms with Gasteiger partial charge in [0, 0.05) is 0 Å². The molecule has 0 aromatic heterocycles. The Morgan fingerprint density at radius 1 is 0.388 bits per heavy atom. The van der Waals surface area contributed by atoms with E-state index in [4.69, 9.17) is 0 Å². The molecule has 6 aromatic carbocycles. The summed E-state index contributed by atoms with van der Waals surface area (Å²) in [6, 6.07) is 58.9. The first-order chi connectivity index (χ1) is 23.3. The van der Waals surface area contributed by atoms with Crippen LogP contribution in [-0.2, 0) is 23.2 Å². The second-order valence-corrected chi connectivity index (χ2v) is 19.8. The molecule has 49 heavy (non-hydrogen) atoms. The van der Waals surface area contributed by atoms with Crippen molar-refractivity contribution in [2.24, 2.45) is 0 Å². The molecule has 6 aromatic rings. The minimum Gasteiger partial charge on any atom is -1.00 e. The summed E-state index contributed by atoms with van der Waals surface area (Å²) in [5.41, 5.74) is 5.92. The number of fused-ring (bicyclic) bond motifs is 2. The van der Waals surface area contributed by atoms with E-state index in [0.29, 0.717) is 7.25 Å². The topological polar surface area (TPSA) is 0 Å². The Bertz CT molecular complexity index is 1790. The molecule has 2 aliphatic rings. The van der Waals surface area contributed by atoms with E-state index in [9.17, 15) is 0 Å². The van der Waals surface area contributed by atoms with Crippen molar-refractivity contribution < 1.29 is 48.0 Å². The summed E-state index contributed by atoms with van der Waals surface area (Å²) in [5, 5.41) is 8.49. The summed E-state index contributed by atoms with van der Waals surface area (Å²) >= 11 is -0.837. The van der Waals surface area contributed by atoms with E-state index in [2.05, 4.69) is 195 Å². The van der Waals surface area contributed by atoms with Crippen LogP contribution in [0.4, 0.5) is 0 Å². The molecular formula is C44H36Cl2P2Zr. The number of hydrogen-bond acceptors (Lipinski definition) is 0. The fourth-order valence-electron chi connectivity index (χ4n) is 6.55. The SMILES string of the molecule is C1=C[CH]([Zr+2][CH]2C=Cc3cc(P(c4ccccc4)c4ccccc4)ccc32)c2ccc(P(c3ccccc3)c3ccccc3)cc21.C=C.[Cl-].[Cl-]. The van der Waals surface area contributed by atoms with Crippen molar-refractivity contribution >= 4 is 59.8 Å². The van der Waals surface area contributed by atoms with Crippen LogP contribution in [0.1, 0.15) is 29.5 Å². The van der Waals surface area contributed by atoms with Crippen LogP contribution in [-0.4, -0.2) is 0 Å². The third-order valence-corrected chi connectivity index (χ3v) is 17.8. The Hall–Kier alpha value is -3.14. The molecule has 2 aliphatic carbocycles. The normalized spacial score (nSPS) is 14.9. The minimum absolute atomic E-state index is 0. The van der Waals surface area contributed by atoms with Crippen LogP contribution in [0, 0.1) is 0 Å². The molecule has 5 heteroatoms. The van der Waals surface area contributed by atoms with E-state index in [-0.39, 0.29) is 24.8 Å². The molecule has 0 radical (unpaired) electrons. The average molecular weight is 789 g/mol. The van der Waals surface area contributed by atoms with Gasteiger partial charge >= 0.3 is 282 Å². The number of hydrogen-bond donors (Lipinski definition) is 0. The van der Waals surface area contributed by atoms with E-state index in [1.54, 1.807) is 0 Å². The van der Waals surface area contributed by atoms with E-state index in [1.807, 2.05) is 0 Å². The predicted octanol–water partition coefficient (Wildman–Crippen LogP) is 2.93. The molecule has 0 fully saturated rings. The van der Waals surface area contributed by atoms with Crippen LogP contribution in [0.2, 0.25) is 0 Å². The first kappa shape index (κ1) is 37.1. The van der Waals surface area contributed by atoms with Gasteiger partial charge in [-0.1, -0.05) is 0 Å². The summed E-state index contributed by atoms with van der Waals surface area (Å²) in [4.78, 5) is 0. The maximum atomic E-state index is 3.00. The second kappa shape index (κ2) is 17.7. The zero-order valence-electron chi connectivity index (χ0n) is 27.0. The van der Waals surface area contributed by atoms with Gasteiger partial charge < -0.3 is 24.8 Å². The minimum atomic E-state index is -0.837. The Kier molecular flexibility index (Phi) is 13.4. The Morgan fingerprint density at radius 3 is 1.00 bits per heavy atom. The van der Waals surface area contributed by atoms with Gasteiger partial charge in [0.2, 0.25) is 0 Å². The third kappa shape index (κ3) is 8.10. The van der Waals surface area contributed by atoms with Crippen molar-refractivity contribution in [3.05, 3.63) is 205 Å². The van der Waals surface area contributed by atoms with Crippen molar-refractivity contribution in [2.45, 2.75) is 7.25 Å². The van der Waals surface area contributed by atoms with Gasteiger partial charge in [0.1, 0.15) is 0 Å². The largest absolute Gasteiger partial charge is 1.00 e. The van der Waals surface area contributed by atoms with E-state index in [1.165, 1.54) is 54.1 Å². The fourth-order valence-corrected chi connectivity index (χ4v) is 15.4. The molecule has 0 N–H and O–H groups in total. The van der Waals surface area contributed by atoms with Gasteiger partial charge in [-0.25, -0.2) is 0 Å². The van der Waals surface area contributed by atoms with Gasteiger partial charge in [0.05, 0.1) is 0 Å². The van der Waals surface area contributed by atoms with Gasteiger partial charge in [-0.2, -0.15) is 0 Å².